The Morgan fingerprint density at radius 3 is 2.71 bits per heavy atom. The van der Waals surface area contributed by atoms with E-state index in [-0.39, 0.29) is 24.0 Å². The molecule has 8 nitrogen and oxygen atoms in total. The lowest BCUT2D eigenvalue weighted by molar-refractivity contribution is -0.384. The number of nitro groups is 1. The largest absolute Gasteiger partial charge is 0.364 e. The number of rotatable bonds is 3. The summed E-state index contributed by atoms with van der Waals surface area (Å²) in [7, 11) is 0. The van der Waals surface area contributed by atoms with Gasteiger partial charge in [-0.2, -0.15) is 0 Å². The molecule has 1 aromatic heterocycles. The van der Waals surface area contributed by atoms with Crippen LogP contribution in [0.2, 0.25) is 0 Å². The molecule has 0 spiro atoms. The average molecular weight is 332 g/mol. The molecule has 1 aromatic carbocycles. The lowest BCUT2D eigenvalue weighted by Crippen LogP contribution is -2.24. The van der Waals surface area contributed by atoms with E-state index in [9.17, 15) is 10.1 Å². The summed E-state index contributed by atoms with van der Waals surface area (Å²) in [6, 6.07) is 7.90. The highest BCUT2D eigenvalue weighted by Gasteiger charge is 2.51. The molecule has 2 aliphatic heterocycles. The molecule has 4 rings (SSSR count). The molecule has 0 bridgehead atoms. The number of hydrogen-bond acceptors (Lipinski definition) is 7. The van der Waals surface area contributed by atoms with E-state index >= 15 is 0 Å². The van der Waals surface area contributed by atoms with Gasteiger partial charge in [0.25, 0.3) is 5.69 Å². The first-order valence-electron chi connectivity index (χ1n) is 7.62. The van der Waals surface area contributed by atoms with Crippen molar-refractivity contribution < 1.29 is 23.7 Å². The normalized spacial score (nSPS) is 28.0. The van der Waals surface area contributed by atoms with Gasteiger partial charge in [-0.15, -0.1) is 0 Å². The van der Waals surface area contributed by atoms with Gasteiger partial charge < -0.3 is 18.7 Å². The van der Waals surface area contributed by atoms with Crippen LogP contribution in [-0.2, 0) is 14.2 Å². The molecule has 126 valence electrons. The monoisotopic (exact) mass is 332 g/mol. The second kappa shape index (κ2) is 5.37. The van der Waals surface area contributed by atoms with Gasteiger partial charge in [0.15, 0.2) is 11.5 Å². The molecule has 8 heteroatoms. The Balaban J connectivity index is 1.56. The fraction of sp³-hybridized carbons (Fsp3) is 0.438. The Bertz CT molecular complexity index is 769. The fourth-order valence-electron chi connectivity index (χ4n) is 3.10. The van der Waals surface area contributed by atoms with Crippen molar-refractivity contribution in [1.82, 2.24) is 5.16 Å². The minimum atomic E-state index is -0.640. The van der Waals surface area contributed by atoms with Gasteiger partial charge >= 0.3 is 0 Å². The zero-order chi connectivity index (χ0) is 16.9. The highest BCUT2D eigenvalue weighted by atomic mass is 16.8. The minimum Gasteiger partial charge on any atom is -0.364 e. The number of aromatic nitrogens is 1. The third-order valence-electron chi connectivity index (χ3n) is 4.14. The molecular formula is C16H16N2O6. The maximum Gasteiger partial charge on any atom is 0.269 e. The Hall–Kier alpha value is -2.29. The number of ether oxygens (including phenoxy) is 3. The maximum atomic E-state index is 10.7. The molecule has 24 heavy (non-hydrogen) atoms. The SMILES string of the molecule is CC1(C)O[C@@H]2[C@@H](CO[C@H]2c2cc(-c3ccc([N+](=O)[O-])cc3)no2)O1. The van der Waals surface area contributed by atoms with Crippen LogP contribution < -0.4 is 0 Å². The summed E-state index contributed by atoms with van der Waals surface area (Å²) in [5.41, 5.74) is 1.35. The molecule has 0 saturated carbocycles. The van der Waals surface area contributed by atoms with Crippen molar-refractivity contribution in [2.24, 2.45) is 0 Å². The molecule has 0 unspecified atom stereocenters. The van der Waals surface area contributed by atoms with E-state index < -0.39 is 10.7 Å². The molecule has 2 fully saturated rings. The van der Waals surface area contributed by atoms with Crippen LogP contribution in [0.3, 0.4) is 0 Å². The summed E-state index contributed by atoms with van der Waals surface area (Å²) in [6.07, 6.45) is -0.744. The predicted molar refractivity (Wildman–Crippen MR) is 81.1 cm³/mol. The van der Waals surface area contributed by atoms with Gasteiger partial charge in [0, 0.05) is 23.8 Å². The summed E-state index contributed by atoms with van der Waals surface area (Å²) < 4.78 is 22.8. The first-order chi connectivity index (χ1) is 11.4. The van der Waals surface area contributed by atoms with E-state index in [2.05, 4.69) is 5.16 Å². The summed E-state index contributed by atoms with van der Waals surface area (Å²) >= 11 is 0. The molecule has 0 aliphatic carbocycles. The van der Waals surface area contributed by atoms with Crippen LogP contribution in [0.25, 0.3) is 11.3 Å². The first kappa shape index (κ1) is 15.3. The van der Waals surface area contributed by atoms with Gasteiger partial charge in [0.2, 0.25) is 0 Å². The summed E-state index contributed by atoms with van der Waals surface area (Å²) in [6.45, 7) is 4.17. The third kappa shape index (κ3) is 2.58. The fourth-order valence-corrected chi connectivity index (χ4v) is 3.10. The highest BCUT2D eigenvalue weighted by molar-refractivity contribution is 5.60. The van der Waals surface area contributed by atoms with Crippen molar-refractivity contribution in [3.05, 3.63) is 46.2 Å². The Kier molecular flexibility index (Phi) is 3.41. The summed E-state index contributed by atoms with van der Waals surface area (Å²) in [5, 5.41) is 14.7. The van der Waals surface area contributed by atoms with Crippen molar-refractivity contribution in [3.63, 3.8) is 0 Å². The van der Waals surface area contributed by atoms with Crippen LogP contribution in [-0.4, -0.2) is 34.7 Å². The van der Waals surface area contributed by atoms with Crippen LogP contribution in [0.5, 0.6) is 0 Å². The van der Waals surface area contributed by atoms with E-state index in [0.29, 0.717) is 18.1 Å². The molecular weight excluding hydrogens is 316 g/mol. The number of fused-ring (bicyclic) bond motifs is 1. The van der Waals surface area contributed by atoms with Crippen LogP contribution in [0, 0.1) is 10.1 Å². The zero-order valence-corrected chi connectivity index (χ0v) is 13.2. The van der Waals surface area contributed by atoms with Crippen molar-refractivity contribution in [3.8, 4) is 11.3 Å². The highest BCUT2D eigenvalue weighted by Crippen LogP contribution is 2.42. The van der Waals surface area contributed by atoms with Crippen molar-refractivity contribution in [2.75, 3.05) is 6.61 Å². The van der Waals surface area contributed by atoms with Gasteiger partial charge in [0.1, 0.15) is 24.0 Å². The Morgan fingerprint density at radius 2 is 2.00 bits per heavy atom. The quantitative estimate of drug-likeness (QED) is 0.629. The maximum absolute atomic E-state index is 10.7. The first-order valence-corrected chi connectivity index (χ1v) is 7.62. The lowest BCUT2D eigenvalue weighted by atomic mass is 10.1. The van der Waals surface area contributed by atoms with Crippen molar-refractivity contribution >= 4 is 5.69 Å². The van der Waals surface area contributed by atoms with Gasteiger partial charge in [-0.05, 0) is 26.0 Å². The average Bonchev–Trinajstić information content (AvgIpc) is 3.21. The molecule has 2 saturated heterocycles. The third-order valence-corrected chi connectivity index (χ3v) is 4.14. The Labute approximate surface area is 137 Å². The van der Waals surface area contributed by atoms with Crippen LogP contribution in [0.4, 0.5) is 5.69 Å². The van der Waals surface area contributed by atoms with E-state index in [1.54, 1.807) is 18.2 Å². The molecule has 0 radical (unpaired) electrons. The standard InChI is InChI=1S/C16H16N2O6/c1-16(2)22-13-8-21-14(15(13)23-16)12-7-11(17-24-12)9-3-5-10(6-4-9)18(19)20/h3-7,13-15H,8H2,1-2H3/t13-,14+,15-/m1/s1. The van der Waals surface area contributed by atoms with E-state index in [4.69, 9.17) is 18.7 Å². The Morgan fingerprint density at radius 1 is 1.25 bits per heavy atom. The molecule has 2 aliphatic rings. The lowest BCUT2D eigenvalue weighted by Gasteiger charge is -2.20. The van der Waals surface area contributed by atoms with Crippen LogP contribution in [0.1, 0.15) is 25.7 Å². The molecule has 3 atom stereocenters. The van der Waals surface area contributed by atoms with Gasteiger partial charge in [0.05, 0.1) is 11.5 Å². The van der Waals surface area contributed by atoms with Gasteiger partial charge in [-0.3, -0.25) is 10.1 Å². The topological polar surface area (TPSA) is 96.9 Å². The zero-order valence-electron chi connectivity index (χ0n) is 13.2. The number of non-ortho nitro benzene ring substituents is 1. The predicted octanol–water partition coefficient (Wildman–Crippen LogP) is 2.84. The number of hydrogen-bond donors (Lipinski definition) is 0. The second-order valence-corrected chi connectivity index (χ2v) is 6.31. The molecule has 0 N–H and O–H groups in total. The smallest absolute Gasteiger partial charge is 0.269 e. The second-order valence-electron chi connectivity index (χ2n) is 6.31. The van der Waals surface area contributed by atoms with Gasteiger partial charge in [-0.25, -0.2) is 0 Å². The molecule has 3 heterocycles. The van der Waals surface area contributed by atoms with E-state index in [0.717, 1.165) is 5.56 Å². The van der Waals surface area contributed by atoms with Gasteiger partial charge in [-0.1, -0.05) is 5.16 Å². The number of nitrogens with zero attached hydrogens (tertiary/aromatic N) is 2. The number of benzene rings is 1. The van der Waals surface area contributed by atoms with Crippen molar-refractivity contribution in [2.45, 2.75) is 37.9 Å². The van der Waals surface area contributed by atoms with E-state index in [1.807, 2.05) is 13.8 Å². The van der Waals surface area contributed by atoms with Crippen molar-refractivity contribution in [1.29, 1.82) is 0 Å². The van der Waals surface area contributed by atoms with Crippen LogP contribution in [0.15, 0.2) is 34.9 Å². The molecule has 0 amide bonds. The summed E-state index contributed by atoms with van der Waals surface area (Å²) in [5.74, 6) is -0.0874. The summed E-state index contributed by atoms with van der Waals surface area (Å²) in [4.78, 5) is 10.3. The minimum absolute atomic E-state index is 0.0307. The molecule has 2 aromatic rings. The van der Waals surface area contributed by atoms with Crippen LogP contribution >= 0.6 is 0 Å². The number of nitro benzene ring substituents is 1. The van der Waals surface area contributed by atoms with E-state index in [1.165, 1.54) is 12.1 Å².